The van der Waals surface area contributed by atoms with Gasteiger partial charge in [-0.2, -0.15) is 18.3 Å². The number of amides is 1. The van der Waals surface area contributed by atoms with Gasteiger partial charge in [-0.3, -0.25) is 4.68 Å². The van der Waals surface area contributed by atoms with Gasteiger partial charge in [-0.15, -0.1) is 0 Å². The maximum absolute atomic E-state index is 15.8. The molecule has 0 aliphatic carbocycles. The van der Waals surface area contributed by atoms with E-state index in [1.165, 1.54) is 10.9 Å². The molecule has 5 rings (SSSR count). The highest BCUT2D eigenvalue weighted by Crippen LogP contribution is 2.42. The molecule has 0 bridgehead atoms. The summed E-state index contributed by atoms with van der Waals surface area (Å²) in [5.74, 6) is -3.73. The molecule has 1 amide bonds. The molecule has 8 nitrogen and oxygen atoms in total. The van der Waals surface area contributed by atoms with Crippen molar-refractivity contribution in [1.82, 2.24) is 19.7 Å². The second-order valence-corrected chi connectivity index (χ2v) is 11.7. The first-order valence-electron chi connectivity index (χ1n) is 14.0. The normalized spacial score (nSPS) is 16.0. The van der Waals surface area contributed by atoms with E-state index in [1.807, 2.05) is 11.8 Å². The maximum Gasteiger partial charge on any atom is 0.419 e. The van der Waals surface area contributed by atoms with Crippen LogP contribution in [0.2, 0.25) is 0 Å². The average molecular weight is 618 g/mol. The van der Waals surface area contributed by atoms with Crippen molar-refractivity contribution in [1.29, 1.82) is 0 Å². The Morgan fingerprint density at radius 3 is 2.39 bits per heavy atom. The summed E-state index contributed by atoms with van der Waals surface area (Å²) in [4.78, 5) is 20.7. The fraction of sp³-hybridized carbons (Fsp3) is 0.387. The topological polar surface area (TPSA) is 72.7 Å². The number of halogens is 5. The molecule has 3 heterocycles. The number of fused-ring (bicyclic) bond motifs is 1. The van der Waals surface area contributed by atoms with E-state index in [2.05, 4.69) is 10.1 Å². The average Bonchev–Trinajstić information content (AvgIpc) is 3.27. The van der Waals surface area contributed by atoms with Crippen LogP contribution >= 0.6 is 0 Å². The van der Waals surface area contributed by atoms with E-state index in [0.29, 0.717) is 42.6 Å². The van der Waals surface area contributed by atoms with Gasteiger partial charge < -0.3 is 19.3 Å². The number of aryl methyl sites for hydroxylation is 1. The summed E-state index contributed by atoms with van der Waals surface area (Å²) in [6, 6.07) is 10.3. The molecule has 1 atom stereocenters. The number of rotatable bonds is 5. The van der Waals surface area contributed by atoms with Gasteiger partial charge in [0.2, 0.25) is 0 Å². The Morgan fingerprint density at radius 2 is 1.75 bits per heavy atom. The van der Waals surface area contributed by atoms with Gasteiger partial charge in [0.25, 0.3) is 0 Å². The van der Waals surface area contributed by atoms with Crippen LogP contribution in [-0.2, 0) is 24.6 Å². The Kier molecular flexibility index (Phi) is 8.17. The Bertz CT molecular complexity index is 1680. The lowest BCUT2D eigenvalue weighted by Crippen LogP contribution is -2.54. The Labute approximate surface area is 251 Å². The quantitative estimate of drug-likeness (QED) is 0.226. The maximum atomic E-state index is 15.8. The number of benzene rings is 2. The van der Waals surface area contributed by atoms with Gasteiger partial charge >= 0.3 is 12.3 Å². The van der Waals surface area contributed by atoms with Gasteiger partial charge in [-0.05, 0) is 39.3 Å². The van der Waals surface area contributed by atoms with Crippen LogP contribution in [0, 0.1) is 11.6 Å². The fourth-order valence-corrected chi connectivity index (χ4v) is 5.14. The first-order chi connectivity index (χ1) is 20.6. The zero-order valence-corrected chi connectivity index (χ0v) is 24.9. The summed E-state index contributed by atoms with van der Waals surface area (Å²) in [5, 5.41) is 4.58. The largest absolute Gasteiger partial charge is 0.483 e. The van der Waals surface area contributed by atoms with Gasteiger partial charge in [0.15, 0.2) is 17.4 Å². The van der Waals surface area contributed by atoms with Gasteiger partial charge in [0, 0.05) is 55.9 Å². The van der Waals surface area contributed by atoms with Crippen LogP contribution in [0.15, 0.2) is 48.7 Å². The number of anilines is 1. The molecule has 2 aromatic carbocycles. The zero-order chi connectivity index (χ0) is 32.0. The Balaban J connectivity index is 1.48. The second kappa shape index (κ2) is 11.6. The minimum absolute atomic E-state index is 0.137. The smallest absolute Gasteiger partial charge is 0.419 e. The third-order valence-corrected chi connectivity index (χ3v) is 7.24. The molecule has 234 valence electrons. The van der Waals surface area contributed by atoms with Crippen molar-refractivity contribution in [2.75, 3.05) is 24.5 Å². The zero-order valence-electron chi connectivity index (χ0n) is 24.9. The van der Waals surface area contributed by atoms with E-state index in [4.69, 9.17) is 9.47 Å². The molecule has 0 spiro atoms. The minimum atomic E-state index is -5.12. The predicted octanol–water partition coefficient (Wildman–Crippen LogP) is 6.96. The molecule has 0 saturated carbocycles. The standard InChI is InChI=1S/C31H32F5N5O3/c1-18-16-40(29(42)44-30(2,3)4)11-12-41(18)24-14-23-21(15-37-24)27(38-39(23)5)20-13-22(31(34,35)36)26(33)28(25(20)32)43-17-19-9-7-6-8-10-19/h6-10,13-15,18H,11-12,16-17H2,1-5H3/t18-/m0/s1. The van der Waals surface area contributed by atoms with Crippen LogP contribution in [0.25, 0.3) is 22.2 Å². The van der Waals surface area contributed by atoms with Crippen LogP contribution in [0.3, 0.4) is 0 Å². The lowest BCUT2D eigenvalue weighted by Gasteiger charge is -2.40. The van der Waals surface area contributed by atoms with Crippen LogP contribution in [0.1, 0.15) is 38.8 Å². The molecule has 2 aromatic heterocycles. The molecule has 1 saturated heterocycles. The number of carbonyl (C=O) groups is 1. The summed E-state index contributed by atoms with van der Waals surface area (Å²) in [6.45, 7) is 8.21. The molecule has 0 radical (unpaired) electrons. The number of ether oxygens (including phenoxy) is 2. The van der Waals surface area contributed by atoms with E-state index in [0.717, 1.165) is 0 Å². The number of alkyl halides is 3. The number of carbonyl (C=O) groups excluding carboxylic acids is 1. The van der Waals surface area contributed by atoms with Crippen LogP contribution in [0.5, 0.6) is 5.75 Å². The lowest BCUT2D eigenvalue weighted by atomic mass is 10.0. The van der Waals surface area contributed by atoms with E-state index >= 15 is 8.78 Å². The van der Waals surface area contributed by atoms with Crippen molar-refractivity contribution in [2.24, 2.45) is 7.05 Å². The van der Waals surface area contributed by atoms with E-state index in [9.17, 15) is 18.0 Å². The number of nitrogens with zero attached hydrogens (tertiary/aromatic N) is 5. The van der Waals surface area contributed by atoms with E-state index in [-0.39, 0.29) is 23.7 Å². The Hall–Kier alpha value is -4.42. The fourth-order valence-electron chi connectivity index (χ4n) is 5.14. The molecular formula is C31H32F5N5O3. The summed E-state index contributed by atoms with van der Waals surface area (Å²) in [7, 11) is 1.57. The molecule has 0 unspecified atom stereocenters. The Morgan fingerprint density at radius 1 is 1.05 bits per heavy atom. The molecule has 13 heteroatoms. The van der Waals surface area contributed by atoms with Crippen molar-refractivity contribution in [2.45, 2.75) is 52.1 Å². The van der Waals surface area contributed by atoms with Gasteiger partial charge in [0.05, 0.1) is 11.1 Å². The summed E-state index contributed by atoms with van der Waals surface area (Å²) < 4.78 is 84.7. The summed E-state index contributed by atoms with van der Waals surface area (Å²) >= 11 is 0. The second-order valence-electron chi connectivity index (χ2n) is 11.7. The van der Waals surface area contributed by atoms with E-state index in [1.54, 1.807) is 69.1 Å². The number of hydrogen-bond acceptors (Lipinski definition) is 6. The van der Waals surface area contributed by atoms with Crippen molar-refractivity contribution in [3.8, 4) is 17.0 Å². The SMILES string of the molecule is C[C@H]1CN(C(=O)OC(C)(C)C)CCN1c1cc2c(cn1)c(-c1cc(C(F)(F)F)c(F)c(OCc3ccccc3)c1F)nn2C. The molecule has 4 aromatic rings. The molecule has 1 aliphatic heterocycles. The predicted molar refractivity (Wildman–Crippen MR) is 154 cm³/mol. The molecule has 1 aliphatic rings. The lowest BCUT2D eigenvalue weighted by molar-refractivity contribution is -0.140. The molecule has 1 fully saturated rings. The van der Waals surface area contributed by atoms with Crippen LogP contribution in [0.4, 0.5) is 32.6 Å². The number of piperazine rings is 1. The number of aromatic nitrogens is 3. The molecule has 44 heavy (non-hydrogen) atoms. The van der Waals surface area contributed by atoms with Gasteiger partial charge in [-0.25, -0.2) is 18.6 Å². The van der Waals surface area contributed by atoms with Crippen molar-refractivity contribution in [3.05, 3.63) is 71.4 Å². The monoisotopic (exact) mass is 617 g/mol. The highest BCUT2D eigenvalue weighted by molar-refractivity contribution is 5.94. The third-order valence-electron chi connectivity index (χ3n) is 7.24. The summed E-state index contributed by atoms with van der Waals surface area (Å²) in [6.07, 6.45) is -4.12. The number of hydrogen-bond donors (Lipinski definition) is 0. The van der Waals surface area contributed by atoms with Crippen molar-refractivity contribution < 1.29 is 36.2 Å². The van der Waals surface area contributed by atoms with Crippen LogP contribution < -0.4 is 9.64 Å². The summed E-state index contributed by atoms with van der Waals surface area (Å²) in [5.41, 5.74) is -2.02. The third kappa shape index (κ3) is 6.27. The molecular weight excluding hydrogens is 585 g/mol. The highest BCUT2D eigenvalue weighted by Gasteiger charge is 2.39. The van der Waals surface area contributed by atoms with E-state index < -0.39 is 46.4 Å². The van der Waals surface area contributed by atoms with Crippen LogP contribution in [-0.4, -0.2) is 57.0 Å². The highest BCUT2D eigenvalue weighted by atomic mass is 19.4. The first kappa shape index (κ1) is 31.0. The first-order valence-corrected chi connectivity index (χ1v) is 14.0. The van der Waals surface area contributed by atoms with Crippen molar-refractivity contribution >= 4 is 22.8 Å². The van der Waals surface area contributed by atoms with Crippen molar-refractivity contribution in [3.63, 3.8) is 0 Å². The van der Waals surface area contributed by atoms with Gasteiger partial charge in [0.1, 0.15) is 23.7 Å². The minimum Gasteiger partial charge on any atom is -0.483 e. The molecule has 0 N–H and O–H groups in total. The number of pyridine rings is 1. The van der Waals surface area contributed by atoms with Gasteiger partial charge in [-0.1, -0.05) is 30.3 Å².